The van der Waals surface area contributed by atoms with Gasteiger partial charge in [-0.3, -0.25) is 0 Å². The summed E-state index contributed by atoms with van der Waals surface area (Å²) in [6.07, 6.45) is 1.83. The SMILES string of the molecule is CN1CCC(c2cc(F)ccc2F)CC1. The molecular weight excluding hydrogens is 196 g/mol. The molecule has 1 heterocycles. The van der Waals surface area contributed by atoms with Gasteiger partial charge >= 0.3 is 0 Å². The summed E-state index contributed by atoms with van der Waals surface area (Å²) in [5, 5.41) is 0. The lowest BCUT2D eigenvalue weighted by molar-refractivity contribution is 0.252. The van der Waals surface area contributed by atoms with Crippen LogP contribution in [0.15, 0.2) is 18.2 Å². The van der Waals surface area contributed by atoms with Gasteiger partial charge in [-0.1, -0.05) is 0 Å². The second-order valence-electron chi connectivity index (χ2n) is 4.24. The van der Waals surface area contributed by atoms with E-state index in [2.05, 4.69) is 11.9 Å². The second kappa shape index (κ2) is 4.27. The molecule has 0 unspecified atom stereocenters. The Morgan fingerprint density at radius 3 is 2.53 bits per heavy atom. The van der Waals surface area contributed by atoms with E-state index in [0.717, 1.165) is 25.9 Å². The molecule has 0 spiro atoms. The van der Waals surface area contributed by atoms with E-state index in [1.54, 1.807) is 0 Å². The van der Waals surface area contributed by atoms with Crippen molar-refractivity contribution in [3.05, 3.63) is 35.4 Å². The number of likely N-dealkylation sites (tertiary alicyclic amines) is 1. The number of hydrogen-bond donors (Lipinski definition) is 0. The fraction of sp³-hybridized carbons (Fsp3) is 0.500. The average molecular weight is 211 g/mol. The van der Waals surface area contributed by atoms with Crippen molar-refractivity contribution in [2.75, 3.05) is 20.1 Å². The van der Waals surface area contributed by atoms with Crippen LogP contribution < -0.4 is 0 Å². The van der Waals surface area contributed by atoms with Crippen LogP contribution in [0.1, 0.15) is 24.3 Å². The lowest BCUT2D eigenvalue weighted by Crippen LogP contribution is -2.29. The van der Waals surface area contributed by atoms with Gasteiger partial charge in [0.25, 0.3) is 0 Å². The van der Waals surface area contributed by atoms with Gasteiger partial charge in [0.05, 0.1) is 0 Å². The fourth-order valence-corrected chi connectivity index (χ4v) is 2.15. The van der Waals surface area contributed by atoms with E-state index < -0.39 is 0 Å². The molecule has 0 saturated carbocycles. The number of piperidine rings is 1. The molecule has 15 heavy (non-hydrogen) atoms. The number of benzene rings is 1. The summed E-state index contributed by atoms with van der Waals surface area (Å²) < 4.78 is 26.5. The highest BCUT2D eigenvalue weighted by atomic mass is 19.1. The second-order valence-corrected chi connectivity index (χ2v) is 4.24. The number of nitrogens with zero attached hydrogens (tertiary/aromatic N) is 1. The van der Waals surface area contributed by atoms with Gasteiger partial charge in [0.15, 0.2) is 0 Å². The molecule has 0 bridgehead atoms. The van der Waals surface area contributed by atoms with Crippen molar-refractivity contribution in [1.82, 2.24) is 4.90 Å². The van der Waals surface area contributed by atoms with Gasteiger partial charge in [-0.25, -0.2) is 8.78 Å². The summed E-state index contributed by atoms with van der Waals surface area (Å²) in [5.74, 6) is -0.437. The van der Waals surface area contributed by atoms with Crippen molar-refractivity contribution in [1.29, 1.82) is 0 Å². The first-order chi connectivity index (χ1) is 7.16. The standard InChI is InChI=1S/C12H15F2N/c1-15-6-4-9(5-7-15)11-8-10(13)2-3-12(11)14/h2-3,8-9H,4-7H2,1H3. The molecule has 1 nitrogen and oxygen atoms in total. The highest BCUT2D eigenvalue weighted by molar-refractivity contribution is 5.23. The fourth-order valence-electron chi connectivity index (χ4n) is 2.15. The molecule has 1 aliphatic rings. The third-order valence-corrected chi connectivity index (χ3v) is 3.12. The molecule has 1 aromatic rings. The molecule has 0 atom stereocenters. The zero-order valence-electron chi connectivity index (χ0n) is 8.84. The lowest BCUT2D eigenvalue weighted by atomic mass is 9.89. The molecule has 1 aliphatic heterocycles. The molecule has 0 aliphatic carbocycles. The number of rotatable bonds is 1. The Hall–Kier alpha value is -0.960. The Bertz CT molecular complexity index is 343. The first kappa shape index (κ1) is 10.6. The minimum absolute atomic E-state index is 0.178. The third-order valence-electron chi connectivity index (χ3n) is 3.12. The van der Waals surface area contributed by atoms with E-state index in [0.29, 0.717) is 5.56 Å². The summed E-state index contributed by atoms with van der Waals surface area (Å²) >= 11 is 0. The minimum Gasteiger partial charge on any atom is -0.306 e. The van der Waals surface area contributed by atoms with E-state index in [9.17, 15) is 8.78 Å². The summed E-state index contributed by atoms with van der Waals surface area (Å²) in [6.45, 7) is 1.92. The quantitative estimate of drug-likeness (QED) is 0.690. The normalized spacial score (nSPS) is 19.4. The Kier molecular flexibility index (Phi) is 3.00. The van der Waals surface area contributed by atoms with E-state index in [1.165, 1.54) is 18.2 Å². The molecule has 0 radical (unpaired) electrons. The third kappa shape index (κ3) is 2.34. The van der Waals surface area contributed by atoms with E-state index in [1.807, 2.05) is 0 Å². The van der Waals surface area contributed by atoms with Crippen molar-refractivity contribution in [2.24, 2.45) is 0 Å². The molecular formula is C12H15F2N. The van der Waals surface area contributed by atoms with Crippen LogP contribution in [0.3, 0.4) is 0 Å². The Balaban J connectivity index is 2.18. The van der Waals surface area contributed by atoms with Crippen LogP contribution in [0.25, 0.3) is 0 Å². The van der Waals surface area contributed by atoms with Crippen LogP contribution in [0.5, 0.6) is 0 Å². The van der Waals surface area contributed by atoms with E-state index in [4.69, 9.17) is 0 Å². The number of hydrogen-bond acceptors (Lipinski definition) is 1. The Labute approximate surface area is 88.7 Å². The van der Waals surface area contributed by atoms with Crippen molar-refractivity contribution in [2.45, 2.75) is 18.8 Å². The van der Waals surface area contributed by atoms with Crippen molar-refractivity contribution in [3.63, 3.8) is 0 Å². The predicted octanol–water partition coefficient (Wildman–Crippen LogP) is 2.77. The molecule has 0 aromatic heterocycles. The monoisotopic (exact) mass is 211 g/mol. The molecule has 3 heteroatoms. The molecule has 1 saturated heterocycles. The van der Waals surface area contributed by atoms with Crippen LogP contribution in [0, 0.1) is 11.6 Å². The van der Waals surface area contributed by atoms with Gasteiger partial charge in [0.1, 0.15) is 11.6 Å². The number of halogens is 2. The molecule has 1 aromatic carbocycles. The van der Waals surface area contributed by atoms with Gasteiger partial charge in [-0.05, 0) is 62.7 Å². The summed E-state index contributed by atoms with van der Waals surface area (Å²) in [5.41, 5.74) is 0.545. The van der Waals surface area contributed by atoms with Crippen LogP contribution in [-0.2, 0) is 0 Å². The van der Waals surface area contributed by atoms with E-state index in [-0.39, 0.29) is 17.6 Å². The van der Waals surface area contributed by atoms with Crippen LogP contribution in [0.2, 0.25) is 0 Å². The smallest absolute Gasteiger partial charge is 0.126 e. The van der Waals surface area contributed by atoms with Gasteiger partial charge in [-0.15, -0.1) is 0 Å². The average Bonchev–Trinajstić information content (AvgIpc) is 2.23. The molecule has 0 N–H and O–H groups in total. The Morgan fingerprint density at radius 1 is 1.20 bits per heavy atom. The minimum atomic E-state index is -0.342. The highest BCUT2D eigenvalue weighted by Gasteiger charge is 2.21. The van der Waals surface area contributed by atoms with Crippen molar-refractivity contribution in [3.8, 4) is 0 Å². The molecule has 82 valence electrons. The van der Waals surface area contributed by atoms with Gasteiger partial charge in [0.2, 0.25) is 0 Å². The summed E-state index contributed by atoms with van der Waals surface area (Å²) in [7, 11) is 2.05. The highest BCUT2D eigenvalue weighted by Crippen LogP contribution is 2.29. The topological polar surface area (TPSA) is 3.24 Å². The van der Waals surface area contributed by atoms with Gasteiger partial charge in [0, 0.05) is 0 Å². The van der Waals surface area contributed by atoms with Gasteiger partial charge < -0.3 is 4.90 Å². The molecule has 1 fully saturated rings. The van der Waals surface area contributed by atoms with Gasteiger partial charge in [-0.2, -0.15) is 0 Å². The first-order valence-corrected chi connectivity index (χ1v) is 5.30. The largest absolute Gasteiger partial charge is 0.306 e. The predicted molar refractivity (Wildman–Crippen MR) is 55.8 cm³/mol. The van der Waals surface area contributed by atoms with Crippen molar-refractivity contribution >= 4 is 0 Å². The zero-order chi connectivity index (χ0) is 10.8. The maximum absolute atomic E-state index is 13.5. The van der Waals surface area contributed by atoms with Crippen molar-refractivity contribution < 1.29 is 8.78 Å². The lowest BCUT2D eigenvalue weighted by Gasteiger charge is -2.29. The van der Waals surface area contributed by atoms with Crippen LogP contribution >= 0.6 is 0 Å². The maximum atomic E-state index is 13.5. The summed E-state index contributed by atoms with van der Waals surface area (Å²) in [4.78, 5) is 2.22. The van der Waals surface area contributed by atoms with E-state index >= 15 is 0 Å². The molecule has 2 rings (SSSR count). The summed E-state index contributed by atoms with van der Waals surface area (Å²) in [6, 6.07) is 3.74. The van der Waals surface area contributed by atoms with Crippen LogP contribution in [-0.4, -0.2) is 25.0 Å². The first-order valence-electron chi connectivity index (χ1n) is 5.30. The maximum Gasteiger partial charge on any atom is 0.126 e. The Morgan fingerprint density at radius 2 is 1.87 bits per heavy atom. The van der Waals surface area contributed by atoms with Crippen LogP contribution in [0.4, 0.5) is 8.78 Å². The molecule has 0 amide bonds. The zero-order valence-corrected chi connectivity index (χ0v) is 8.84.